The second kappa shape index (κ2) is 4.38. The van der Waals surface area contributed by atoms with Crippen LogP contribution >= 0.6 is 11.3 Å². The molecule has 5 heteroatoms. The summed E-state index contributed by atoms with van der Waals surface area (Å²) in [7, 11) is 0. The maximum Gasteiger partial charge on any atom is 0.312 e. The third kappa shape index (κ3) is 2.09. The summed E-state index contributed by atoms with van der Waals surface area (Å²) >= 11 is 1.59. The molecule has 2 heterocycles. The van der Waals surface area contributed by atoms with Crippen LogP contribution in [0.5, 0.6) is 0 Å². The van der Waals surface area contributed by atoms with Crippen molar-refractivity contribution >= 4 is 17.3 Å². The van der Waals surface area contributed by atoms with Gasteiger partial charge in [0.1, 0.15) is 5.41 Å². The minimum Gasteiger partial charge on any atom is -0.481 e. The number of ether oxygens (including phenoxy) is 1. The fraction of sp³-hybridized carbons (Fsp3) is 0.667. The van der Waals surface area contributed by atoms with Crippen LogP contribution in [-0.2, 0) is 16.0 Å². The predicted molar refractivity (Wildman–Crippen MR) is 65.4 cm³/mol. The van der Waals surface area contributed by atoms with Gasteiger partial charge in [0.2, 0.25) is 0 Å². The van der Waals surface area contributed by atoms with Gasteiger partial charge in [0.05, 0.1) is 16.8 Å². The largest absolute Gasteiger partial charge is 0.481 e. The van der Waals surface area contributed by atoms with E-state index in [-0.39, 0.29) is 6.10 Å². The zero-order valence-corrected chi connectivity index (χ0v) is 11.1. The van der Waals surface area contributed by atoms with E-state index in [4.69, 9.17) is 4.74 Å². The number of aryl methyl sites for hydroxylation is 2. The third-order valence-corrected chi connectivity index (χ3v) is 4.73. The second-order valence-corrected chi connectivity index (χ2v) is 5.94. The van der Waals surface area contributed by atoms with Crippen molar-refractivity contribution in [2.75, 3.05) is 6.61 Å². The monoisotopic (exact) mass is 255 g/mol. The van der Waals surface area contributed by atoms with Gasteiger partial charge in [0.15, 0.2) is 0 Å². The average Bonchev–Trinajstić information content (AvgIpc) is 2.74. The van der Waals surface area contributed by atoms with Gasteiger partial charge in [-0.1, -0.05) is 0 Å². The molecule has 1 aromatic rings. The molecule has 0 aliphatic carbocycles. The van der Waals surface area contributed by atoms with E-state index in [2.05, 4.69) is 4.98 Å². The number of carboxylic acid groups (broad SMARTS) is 1. The first-order valence-corrected chi connectivity index (χ1v) is 6.55. The van der Waals surface area contributed by atoms with Gasteiger partial charge in [-0.25, -0.2) is 4.98 Å². The van der Waals surface area contributed by atoms with Crippen LogP contribution in [0, 0.1) is 19.3 Å². The molecule has 2 unspecified atom stereocenters. The number of hydrogen-bond acceptors (Lipinski definition) is 4. The van der Waals surface area contributed by atoms with Crippen LogP contribution in [0.1, 0.15) is 28.9 Å². The lowest BCUT2D eigenvalue weighted by Gasteiger charge is -2.26. The zero-order chi connectivity index (χ0) is 12.6. The molecule has 1 N–H and O–H groups in total. The van der Waals surface area contributed by atoms with Crippen molar-refractivity contribution in [3.63, 3.8) is 0 Å². The Morgan fingerprint density at radius 1 is 1.65 bits per heavy atom. The highest BCUT2D eigenvalue weighted by Crippen LogP contribution is 2.39. The highest BCUT2D eigenvalue weighted by Gasteiger charge is 2.48. The Kier molecular flexibility index (Phi) is 3.23. The van der Waals surface area contributed by atoms with Crippen LogP contribution < -0.4 is 0 Å². The van der Waals surface area contributed by atoms with E-state index in [1.165, 1.54) is 0 Å². The van der Waals surface area contributed by atoms with Gasteiger partial charge >= 0.3 is 5.97 Å². The van der Waals surface area contributed by atoms with Crippen molar-refractivity contribution in [3.8, 4) is 0 Å². The van der Waals surface area contributed by atoms with E-state index in [9.17, 15) is 9.90 Å². The topological polar surface area (TPSA) is 59.4 Å². The molecule has 1 fully saturated rings. The maximum absolute atomic E-state index is 11.5. The summed E-state index contributed by atoms with van der Waals surface area (Å²) in [5.74, 6) is -0.770. The van der Waals surface area contributed by atoms with Crippen molar-refractivity contribution in [2.45, 2.75) is 39.7 Å². The minimum atomic E-state index is -0.795. The summed E-state index contributed by atoms with van der Waals surface area (Å²) in [5, 5.41) is 10.4. The molecule has 0 bridgehead atoms. The van der Waals surface area contributed by atoms with Gasteiger partial charge in [-0.15, -0.1) is 11.3 Å². The molecule has 0 saturated carbocycles. The molecule has 2 rings (SSSR count). The Morgan fingerprint density at radius 2 is 2.35 bits per heavy atom. The van der Waals surface area contributed by atoms with Crippen LogP contribution in [-0.4, -0.2) is 28.8 Å². The Bertz CT molecular complexity index is 423. The van der Waals surface area contributed by atoms with E-state index >= 15 is 0 Å². The van der Waals surface area contributed by atoms with Crippen LogP contribution in [0.15, 0.2) is 0 Å². The lowest BCUT2D eigenvalue weighted by atomic mass is 9.79. The van der Waals surface area contributed by atoms with Crippen LogP contribution in [0.3, 0.4) is 0 Å². The highest BCUT2D eigenvalue weighted by atomic mass is 32.1. The van der Waals surface area contributed by atoms with Gasteiger partial charge in [0.25, 0.3) is 0 Å². The molecule has 1 saturated heterocycles. The molecule has 17 heavy (non-hydrogen) atoms. The Hall–Kier alpha value is -0.940. The van der Waals surface area contributed by atoms with Crippen molar-refractivity contribution in [3.05, 3.63) is 15.6 Å². The lowest BCUT2D eigenvalue weighted by Crippen LogP contribution is -2.39. The fourth-order valence-corrected chi connectivity index (χ4v) is 3.31. The van der Waals surface area contributed by atoms with Crippen LogP contribution in [0.25, 0.3) is 0 Å². The van der Waals surface area contributed by atoms with E-state index in [0.717, 1.165) is 15.6 Å². The molecule has 94 valence electrons. The predicted octanol–water partition coefficient (Wildman–Crippen LogP) is 2.18. The smallest absolute Gasteiger partial charge is 0.312 e. The van der Waals surface area contributed by atoms with Crippen molar-refractivity contribution in [2.24, 2.45) is 5.41 Å². The summed E-state index contributed by atoms with van der Waals surface area (Å²) in [6, 6.07) is 0. The molecular weight excluding hydrogens is 238 g/mol. The van der Waals surface area contributed by atoms with Gasteiger partial charge in [-0.3, -0.25) is 4.79 Å². The first-order chi connectivity index (χ1) is 7.95. The number of carbonyl (C=O) groups is 1. The number of aliphatic carboxylic acids is 1. The van der Waals surface area contributed by atoms with E-state index in [1.807, 2.05) is 20.8 Å². The van der Waals surface area contributed by atoms with Crippen LogP contribution in [0.4, 0.5) is 0 Å². The third-order valence-electron chi connectivity index (χ3n) is 3.66. The van der Waals surface area contributed by atoms with Crippen LogP contribution in [0.2, 0.25) is 0 Å². The maximum atomic E-state index is 11.5. The molecule has 4 nitrogen and oxygen atoms in total. The molecule has 0 aromatic carbocycles. The van der Waals surface area contributed by atoms with Gasteiger partial charge < -0.3 is 9.84 Å². The minimum absolute atomic E-state index is 0.246. The summed E-state index contributed by atoms with van der Waals surface area (Å²) in [6.45, 7) is 6.33. The number of hydrogen-bond donors (Lipinski definition) is 1. The van der Waals surface area contributed by atoms with E-state index < -0.39 is 11.4 Å². The molecule has 0 radical (unpaired) electrons. The van der Waals surface area contributed by atoms with Gasteiger partial charge in [0, 0.05) is 17.9 Å². The SMILES string of the molecule is Cc1nc(CC2(C(=O)O)CCOC2C)sc1C. The van der Waals surface area contributed by atoms with Crippen molar-refractivity contribution < 1.29 is 14.6 Å². The summed E-state index contributed by atoms with van der Waals surface area (Å²) in [6.07, 6.45) is 0.800. The molecule has 2 atom stereocenters. The van der Waals surface area contributed by atoms with E-state index in [0.29, 0.717) is 19.4 Å². The van der Waals surface area contributed by atoms with Crippen molar-refractivity contribution in [1.82, 2.24) is 4.98 Å². The summed E-state index contributed by atoms with van der Waals surface area (Å²) < 4.78 is 5.44. The standard InChI is InChI=1S/C12H17NO3S/c1-7-8(2)17-10(13-7)6-12(11(14)15)4-5-16-9(12)3/h9H,4-6H2,1-3H3,(H,14,15). The molecular formula is C12H17NO3S. The molecule has 1 aliphatic heterocycles. The number of thiazole rings is 1. The quantitative estimate of drug-likeness (QED) is 0.899. The Balaban J connectivity index is 2.27. The highest BCUT2D eigenvalue weighted by molar-refractivity contribution is 7.11. The van der Waals surface area contributed by atoms with E-state index in [1.54, 1.807) is 11.3 Å². The Labute approximate surface area is 105 Å². The first-order valence-electron chi connectivity index (χ1n) is 5.73. The first kappa shape index (κ1) is 12.5. The number of nitrogens with zero attached hydrogens (tertiary/aromatic N) is 1. The van der Waals surface area contributed by atoms with Gasteiger partial charge in [-0.2, -0.15) is 0 Å². The number of aromatic nitrogens is 1. The lowest BCUT2D eigenvalue weighted by molar-refractivity contribution is -0.151. The fourth-order valence-electron chi connectivity index (χ4n) is 2.25. The zero-order valence-electron chi connectivity index (χ0n) is 10.3. The second-order valence-electron chi connectivity index (χ2n) is 4.65. The van der Waals surface area contributed by atoms with Gasteiger partial charge in [-0.05, 0) is 27.2 Å². The molecule has 0 spiro atoms. The molecule has 1 aliphatic rings. The Morgan fingerprint density at radius 3 is 2.76 bits per heavy atom. The normalized spacial score (nSPS) is 28.5. The average molecular weight is 255 g/mol. The molecule has 1 aromatic heterocycles. The van der Waals surface area contributed by atoms with Crippen molar-refractivity contribution in [1.29, 1.82) is 0 Å². The number of rotatable bonds is 3. The number of carboxylic acids is 1. The molecule has 0 amide bonds. The summed E-state index contributed by atoms with van der Waals surface area (Å²) in [5.41, 5.74) is 0.202. The summed E-state index contributed by atoms with van der Waals surface area (Å²) in [4.78, 5) is 17.1.